The van der Waals surface area contributed by atoms with Crippen molar-refractivity contribution in [3.8, 4) is 5.75 Å². The van der Waals surface area contributed by atoms with E-state index in [0.29, 0.717) is 5.56 Å². The van der Waals surface area contributed by atoms with E-state index in [2.05, 4.69) is 4.72 Å². The van der Waals surface area contributed by atoms with Crippen LogP contribution in [0.25, 0.3) is 0 Å². The van der Waals surface area contributed by atoms with Gasteiger partial charge in [0.15, 0.2) is 6.61 Å². The second kappa shape index (κ2) is 6.85. The number of nitrogens with two attached hydrogens (primary N) is 1. The number of aryl methyl sites for hydroxylation is 1. The first-order valence-corrected chi connectivity index (χ1v) is 8.89. The van der Waals surface area contributed by atoms with Gasteiger partial charge in [-0.1, -0.05) is 24.4 Å². The van der Waals surface area contributed by atoms with Gasteiger partial charge in [0.25, 0.3) is 5.91 Å². The van der Waals surface area contributed by atoms with Crippen LogP contribution in [-0.4, -0.2) is 27.0 Å². The Balaban J connectivity index is 2.28. The van der Waals surface area contributed by atoms with Crippen LogP contribution in [0, 0.1) is 6.92 Å². The lowest BCUT2D eigenvalue weighted by Crippen LogP contribution is -2.32. The first kappa shape index (κ1) is 17.1. The molecule has 3 N–H and O–H groups in total. The Hall–Kier alpha value is -1.31. The normalized spacial score (nSPS) is 15.9. The fourth-order valence-corrected chi connectivity index (χ4v) is 4.37. The molecule has 122 valence electrons. The Morgan fingerprint density at radius 3 is 2.64 bits per heavy atom. The van der Waals surface area contributed by atoms with Crippen LogP contribution in [0.3, 0.4) is 0 Å². The molecule has 0 bridgehead atoms. The lowest BCUT2D eigenvalue weighted by atomic mass is 10.2. The Kier molecular flexibility index (Phi) is 5.31. The van der Waals surface area contributed by atoms with Gasteiger partial charge >= 0.3 is 0 Å². The molecule has 0 aliphatic heterocycles. The predicted octanol–water partition coefficient (Wildman–Crippen LogP) is 1.73. The summed E-state index contributed by atoms with van der Waals surface area (Å²) >= 11 is 6.07. The zero-order valence-electron chi connectivity index (χ0n) is 12.3. The van der Waals surface area contributed by atoms with Gasteiger partial charge in [0.1, 0.15) is 10.6 Å². The number of hydrogen-bond donors (Lipinski definition) is 2. The molecule has 0 heterocycles. The van der Waals surface area contributed by atoms with Crippen molar-refractivity contribution < 1.29 is 17.9 Å². The molecule has 0 spiro atoms. The minimum absolute atomic E-state index is 0.0499. The monoisotopic (exact) mass is 346 g/mol. The van der Waals surface area contributed by atoms with E-state index in [0.717, 1.165) is 25.7 Å². The predicted molar refractivity (Wildman–Crippen MR) is 83.5 cm³/mol. The van der Waals surface area contributed by atoms with Crippen LogP contribution < -0.4 is 15.2 Å². The second-order valence-corrected chi connectivity index (χ2v) is 7.50. The molecule has 0 radical (unpaired) electrons. The third kappa shape index (κ3) is 4.12. The number of benzene rings is 1. The number of carbonyl (C=O) groups excluding carboxylic acids is 1. The number of hydrogen-bond acceptors (Lipinski definition) is 4. The summed E-state index contributed by atoms with van der Waals surface area (Å²) in [6, 6.07) is 2.77. The van der Waals surface area contributed by atoms with Crippen molar-refractivity contribution in [2.24, 2.45) is 5.73 Å². The number of halogens is 1. The van der Waals surface area contributed by atoms with Gasteiger partial charge in [-0.15, -0.1) is 0 Å². The van der Waals surface area contributed by atoms with Crippen molar-refractivity contribution in [2.45, 2.75) is 43.5 Å². The molecule has 1 amide bonds. The maximum Gasteiger partial charge on any atom is 0.255 e. The summed E-state index contributed by atoms with van der Waals surface area (Å²) < 4.78 is 32.8. The molecule has 0 unspecified atom stereocenters. The number of primary amides is 1. The molecule has 1 aromatic carbocycles. The molecule has 22 heavy (non-hydrogen) atoms. The summed E-state index contributed by atoms with van der Waals surface area (Å²) in [5.41, 5.74) is 5.66. The smallest absolute Gasteiger partial charge is 0.255 e. The molecule has 1 fully saturated rings. The zero-order valence-corrected chi connectivity index (χ0v) is 13.8. The molecule has 1 aliphatic carbocycles. The molecule has 0 saturated heterocycles. The van der Waals surface area contributed by atoms with Gasteiger partial charge in [-0.05, 0) is 31.4 Å². The minimum Gasteiger partial charge on any atom is -0.483 e. The lowest BCUT2D eigenvalue weighted by molar-refractivity contribution is -0.119. The molecule has 0 atom stereocenters. The Morgan fingerprint density at radius 2 is 2.05 bits per heavy atom. The van der Waals surface area contributed by atoms with Crippen LogP contribution in [0.5, 0.6) is 5.75 Å². The molecule has 6 nitrogen and oxygen atoms in total. The van der Waals surface area contributed by atoms with Gasteiger partial charge in [0.2, 0.25) is 10.0 Å². The van der Waals surface area contributed by atoms with Crippen molar-refractivity contribution in [1.82, 2.24) is 4.72 Å². The number of amides is 1. The topological polar surface area (TPSA) is 98.5 Å². The van der Waals surface area contributed by atoms with Gasteiger partial charge in [0.05, 0.1) is 5.02 Å². The summed E-state index contributed by atoms with van der Waals surface area (Å²) in [5.74, 6) is -0.363. The van der Waals surface area contributed by atoms with Gasteiger partial charge in [-0.25, -0.2) is 13.1 Å². The molecule has 1 aliphatic rings. The first-order chi connectivity index (χ1) is 10.3. The van der Waals surface area contributed by atoms with Crippen molar-refractivity contribution in [3.05, 3.63) is 22.7 Å². The number of sulfonamides is 1. The highest BCUT2D eigenvalue weighted by atomic mass is 35.5. The fourth-order valence-electron chi connectivity index (χ4n) is 2.47. The van der Waals surface area contributed by atoms with Crippen LogP contribution in [0.2, 0.25) is 5.02 Å². The van der Waals surface area contributed by atoms with E-state index in [9.17, 15) is 13.2 Å². The highest BCUT2D eigenvalue weighted by molar-refractivity contribution is 7.89. The molecule has 1 aromatic rings. The summed E-state index contributed by atoms with van der Waals surface area (Å²) in [6.07, 6.45) is 3.69. The first-order valence-electron chi connectivity index (χ1n) is 7.03. The maximum atomic E-state index is 12.5. The van der Waals surface area contributed by atoms with E-state index >= 15 is 0 Å². The number of nitrogens with one attached hydrogen (secondary N) is 1. The molecule has 0 aromatic heterocycles. The van der Waals surface area contributed by atoms with Crippen molar-refractivity contribution in [1.29, 1.82) is 0 Å². The van der Waals surface area contributed by atoms with Crippen LogP contribution in [0.15, 0.2) is 17.0 Å². The Morgan fingerprint density at radius 1 is 1.41 bits per heavy atom. The van der Waals surface area contributed by atoms with Crippen LogP contribution in [0.1, 0.15) is 31.2 Å². The van der Waals surface area contributed by atoms with Crippen LogP contribution >= 0.6 is 11.6 Å². The minimum atomic E-state index is -3.73. The summed E-state index contributed by atoms with van der Waals surface area (Å²) in [5, 5.41) is 0.120. The largest absolute Gasteiger partial charge is 0.483 e. The third-order valence-electron chi connectivity index (χ3n) is 3.57. The summed E-state index contributed by atoms with van der Waals surface area (Å²) in [4.78, 5) is 10.8. The zero-order chi connectivity index (χ0) is 16.3. The van der Waals surface area contributed by atoms with Crippen LogP contribution in [0.4, 0.5) is 0 Å². The second-order valence-electron chi connectivity index (χ2n) is 5.41. The van der Waals surface area contributed by atoms with Gasteiger partial charge < -0.3 is 10.5 Å². The molecule has 2 rings (SSSR count). The lowest BCUT2D eigenvalue weighted by Gasteiger charge is -2.15. The van der Waals surface area contributed by atoms with Gasteiger partial charge in [-0.3, -0.25) is 4.79 Å². The average Bonchev–Trinajstić information content (AvgIpc) is 2.89. The van der Waals surface area contributed by atoms with E-state index < -0.39 is 15.9 Å². The Bertz CT molecular complexity index is 670. The summed E-state index contributed by atoms with van der Waals surface area (Å²) in [6.45, 7) is 1.39. The maximum absolute atomic E-state index is 12.5. The molecular weight excluding hydrogens is 328 g/mol. The van der Waals surface area contributed by atoms with Crippen LogP contribution in [-0.2, 0) is 14.8 Å². The number of carbonyl (C=O) groups is 1. The summed E-state index contributed by atoms with van der Waals surface area (Å²) in [7, 11) is -3.73. The highest BCUT2D eigenvalue weighted by Crippen LogP contribution is 2.31. The number of ether oxygens (including phenoxy) is 1. The van der Waals surface area contributed by atoms with E-state index in [-0.39, 0.29) is 28.3 Å². The highest BCUT2D eigenvalue weighted by Gasteiger charge is 2.25. The quantitative estimate of drug-likeness (QED) is 0.819. The van der Waals surface area contributed by atoms with Crippen molar-refractivity contribution in [3.63, 3.8) is 0 Å². The molecule has 1 saturated carbocycles. The molecular formula is C14H19ClN2O4S. The molecule has 8 heteroatoms. The Labute approximate surface area is 135 Å². The number of rotatable bonds is 6. The van der Waals surface area contributed by atoms with Crippen molar-refractivity contribution in [2.75, 3.05) is 6.61 Å². The van der Waals surface area contributed by atoms with E-state index in [1.54, 1.807) is 6.92 Å². The SMILES string of the molecule is Cc1cc(Cl)c(S(=O)(=O)NC2CCCC2)cc1OCC(N)=O. The fraction of sp³-hybridized carbons (Fsp3) is 0.500. The van der Waals surface area contributed by atoms with Gasteiger partial charge in [-0.2, -0.15) is 0 Å². The third-order valence-corrected chi connectivity index (χ3v) is 5.55. The van der Waals surface area contributed by atoms with Crippen molar-refractivity contribution >= 4 is 27.5 Å². The standard InChI is InChI=1S/C14H19ClN2O4S/c1-9-6-11(15)13(7-12(9)21-8-14(16)18)22(19,20)17-10-4-2-3-5-10/h6-7,10,17H,2-5,8H2,1H3,(H2,16,18). The van der Waals surface area contributed by atoms with E-state index in [1.165, 1.54) is 12.1 Å². The van der Waals surface area contributed by atoms with E-state index in [1.807, 2.05) is 0 Å². The van der Waals surface area contributed by atoms with Gasteiger partial charge in [0, 0.05) is 12.1 Å². The van der Waals surface area contributed by atoms with E-state index in [4.69, 9.17) is 22.1 Å². The average molecular weight is 347 g/mol.